The van der Waals surface area contributed by atoms with Gasteiger partial charge in [-0.3, -0.25) is 9.63 Å². The van der Waals surface area contributed by atoms with Crippen molar-refractivity contribution in [1.29, 1.82) is 0 Å². The molecule has 25 heavy (non-hydrogen) atoms. The SMILES string of the molecule is O=C(NCc1ccccc1)C1CCC(NOCc2ccccc2)CN1. The predicted octanol–water partition coefficient (Wildman–Crippen LogP) is 2.14. The maximum atomic E-state index is 12.3. The lowest BCUT2D eigenvalue weighted by Crippen LogP contribution is -2.53. The van der Waals surface area contributed by atoms with E-state index < -0.39 is 0 Å². The van der Waals surface area contributed by atoms with E-state index in [1.807, 2.05) is 60.7 Å². The van der Waals surface area contributed by atoms with Crippen LogP contribution in [-0.2, 0) is 22.8 Å². The maximum Gasteiger partial charge on any atom is 0.237 e. The molecule has 0 bridgehead atoms. The molecule has 1 aliphatic rings. The van der Waals surface area contributed by atoms with Gasteiger partial charge in [-0.05, 0) is 24.0 Å². The Balaban J connectivity index is 1.33. The quantitative estimate of drug-likeness (QED) is 0.677. The molecule has 2 aromatic rings. The van der Waals surface area contributed by atoms with Crippen LogP contribution >= 0.6 is 0 Å². The highest BCUT2D eigenvalue weighted by molar-refractivity contribution is 5.81. The van der Waals surface area contributed by atoms with Crippen LogP contribution in [0.25, 0.3) is 0 Å². The van der Waals surface area contributed by atoms with Crippen LogP contribution in [0.2, 0.25) is 0 Å². The van der Waals surface area contributed by atoms with Crippen LogP contribution in [0.1, 0.15) is 24.0 Å². The molecule has 2 unspecified atom stereocenters. The fourth-order valence-electron chi connectivity index (χ4n) is 2.91. The van der Waals surface area contributed by atoms with Gasteiger partial charge in [-0.1, -0.05) is 60.7 Å². The fourth-order valence-corrected chi connectivity index (χ4v) is 2.91. The maximum absolute atomic E-state index is 12.3. The van der Waals surface area contributed by atoms with Crippen LogP contribution in [-0.4, -0.2) is 24.5 Å². The van der Waals surface area contributed by atoms with E-state index >= 15 is 0 Å². The van der Waals surface area contributed by atoms with Crippen LogP contribution in [0.4, 0.5) is 0 Å². The normalized spacial score (nSPS) is 20.2. The molecule has 2 atom stereocenters. The van der Waals surface area contributed by atoms with E-state index in [4.69, 9.17) is 4.84 Å². The predicted molar refractivity (Wildman–Crippen MR) is 97.5 cm³/mol. The van der Waals surface area contributed by atoms with Crippen LogP contribution < -0.4 is 16.1 Å². The lowest BCUT2D eigenvalue weighted by Gasteiger charge is -2.29. The van der Waals surface area contributed by atoms with Crippen molar-refractivity contribution in [2.24, 2.45) is 0 Å². The summed E-state index contributed by atoms with van der Waals surface area (Å²) in [5.74, 6) is 0.0625. The summed E-state index contributed by atoms with van der Waals surface area (Å²) in [7, 11) is 0. The van der Waals surface area contributed by atoms with Crippen LogP contribution in [0.3, 0.4) is 0 Å². The number of carbonyl (C=O) groups is 1. The molecule has 0 radical (unpaired) electrons. The zero-order valence-corrected chi connectivity index (χ0v) is 14.3. The third kappa shape index (κ3) is 5.67. The summed E-state index contributed by atoms with van der Waals surface area (Å²) in [5, 5.41) is 6.29. The number of nitrogens with one attached hydrogen (secondary N) is 3. The molecule has 0 saturated carbocycles. The molecule has 5 heteroatoms. The molecular formula is C20H25N3O2. The third-order valence-corrected chi connectivity index (χ3v) is 4.37. The summed E-state index contributed by atoms with van der Waals surface area (Å²) in [6.07, 6.45) is 1.71. The minimum atomic E-state index is -0.129. The van der Waals surface area contributed by atoms with E-state index in [1.54, 1.807) is 0 Å². The van der Waals surface area contributed by atoms with E-state index in [1.165, 1.54) is 0 Å². The van der Waals surface area contributed by atoms with Crippen LogP contribution in [0.5, 0.6) is 0 Å². The second-order valence-corrected chi connectivity index (χ2v) is 6.33. The van der Waals surface area contributed by atoms with Crippen molar-refractivity contribution in [2.45, 2.75) is 38.1 Å². The molecule has 1 amide bonds. The average Bonchev–Trinajstić information content (AvgIpc) is 2.68. The van der Waals surface area contributed by atoms with Crippen molar-refractivity contribution in [3.05, 3.63) is 71.8 Å². The van der Waals surface area contributed by atoms with Gasteiger partial charge >= 0.3 is 0 Å². The molecule has 0 aromatic heterocycles. The smallest absolute Gasteiger partial charge is 0.237 e. The minimum absolute atomic E-state index is 0.0625. The molecule has 3 rings (SSSR count). The molecule has 0 spiro atoms. The molecule has 132 valence electrons. The topological polar surface area (TPSA) is 62.4 Å². The van der Waals surface area contributed by atoms with Crippen molar-refractivity contribution in [3.63, 3.8) is 0 Å². The number of piperidine rings is 1. The van der Waals surface area contributed by atoms with Gasteiger partial charge < -0.3 is 10.6 Å². The molecule has 0 aliphatic carbocycles. The third-order valence-electron chi connectivity index (χ3n) is 4.37. The second-order valence-electron chi connectivity index (χ2n) is 6.33. The highest BCUT2D eigenvalue weighted by Crippen LogP contribution is 2.09. The first-order valence-corrected chi connectivity index (χ1v) is 8.77. The Morgan fingerprint density at radius 1 is 1.00 bits per heavy atom. The number of hydroxylamine groups is 1. The average molecular weight is 339 g/mol. The van der Waals surface area contributed by atoms with Gasteiger partial charge in [0.25, 0.3) is 0 Å². The van der Waals surface area contributed by atoms with E-state index in [2.05, 4.69) is 16.1 Å². The Morgan fingerprint density at radius 2 is 1.68 bits per heavy atom. The van der Waals surface area contributed by atoms with Gasteiger partial charge in [0.15, 0.2) is 0 Å². The first kappa shape index (κ1) is 17.6. The Hall–Kier alpha value is -2.21. The van der Waals surface area contributed by atoms with Gasteiger partial charge in [-0.15, -0.1) is 0 Å². The summed E-state index contributed by atoms with van der Waals surface area (Å²) in [5.41, 5.74) is 5.34. The Bertz CT molecular complexity index is 641. The van der Waals surface area contributed by atoms with Gasteiger partial charge in [-0.25, -0.2) is 0 Å². The second kappa shape index (κ2) is 9.32. The summed E-state index contributed by atoms with van der Waals surface area (Å²) in [6.45, 7) is 1.83. The number of rotatable bonds is 7. The number of hydrogen-bond acceptors (Lipinski definition) is 4. The monoisotopic (exact) mass is 339 g/mol. The fraction of sp³-hybridized carbons (Fsp3) is 0.350. The van der Waals surface area contributed by atoms with E-state index in [9.17, 15) is 4.79 Å². The standard InChI is InChI=1S/C20H25N3O2/c24-20(22-13-16-7-3-1-4-8-16)19-12-11-18(14-21-19)23-25-15-17-9-5-2-6-10-17/h1-10,18-19,21,23H,11-15H2,(H,22,24). The highest BCUT2D eigenvalue weighted by atomic mass is 16.6. The zero-order valence-electron chi connectivity index (χ0n) is 14.3. The van der Waals surface area contributed by atoms with Crippen molar-refractivity contribution in [2.75, 3.05) is 6.54 Å². The number of benzene rings is 2. The van der Waals surface area contributed by atoms with E-state index in [-0.39, 0.29) is 18.0 Å². The number of carbonyl (C=O) groups excluding carboxylic acids is 1. The first-order chi connectivity index (χ1) is 12.3. The molecule has 3 N–H and O–H groups in total. The van der Waals surface area contributed by atoms with Crippen molar-refractivity contribution < 1.29 is 9.63 Å². The van der Waals surface area contributed by atoms with E-state index in [0.29, 0.717) is 13.2 Å². The van der Waals surface area contributed by atoms with Crippen molar-refractivity contribution in [1.82, 2.24) is 16.1 Å². The summed E-state index contributed by atoms with van der Waals surface area (Å²) in [4.78, 5) is 17.8. The largest absolute Gasteiger partial charge is 0.351 e. The van der Waals surface area contributed by atoms with Crippen molar-refractivity contribution in [3.8, 4) is 0 Å². The van der Waals surface area contributed by atoms with Gasteiger partial charge in [0.2, 0.25) is 5.91 Å². The van der Waals surface area contributed by atoms with Gasteiger partial charge in [0, 0.05) is 19.1 Å². The van der Waals surface area contributed by atoms with Gasteiger partial charge in [0.05, 0.1) is 12.6 Å². The first-order valence-electron chi connectivity index (χ1n) is 8.77. The minimum Gasteiger partial charge on any atom is -0.351 e. The molecular weight excluding hydrogens is 314 g/mol. The summed E-state index contributed by atoms with van der Waals surface area (Å²) >= 11 is 0. The van der Waals surface area contributed by atoms with Gasteiger partial charge in [-0.2, -0.15) is 5.48 Å². The summed E-state index contributed by atoms with van der Waals surface area (Å²) < 4.78 is 0. The van der Waals surface area contributed by atoms with Crippen LogP contribution in [0, 0.1) is 0 Å². The number of hydrogen-bond donors (Lipinski definition) is 3. The number of amides is 1. The Morgan fingerprint density at radius 3 is 2.32 bits per heavy atom. The molecule has 1 heterocycles. The summed E-state index contributed by atoms with van der Waals surface area (Å²) in [6, 6.07) is 20.1. The molecule has 1 aliphatic heterocycles. The Labute approximate surface area is 148 Å². The Kier molecular flexibility index (Phi) is 6.56. The van der Waals surface area contributed by atoms with Gasteiger partial charge in [0.1, 0.15) is 0 Å². The lowest BCUT2D eigenvalue weighted by molar-refractivity contribution is -0.124. The highest BCUT2D eigenvalue weighted by Gasteiger charge is 2.25. The van der Waals surface area contributed by atoms with Crippen LogP contribution in [0.15, 0.2) is 60.7 Å². The molecule has 1 saturated heterocycles. The zero-order chi connectivity index (χ0) is 17.3. The lowest BCUT2D eigenvalue weighted by atomic mass is 10.0. The molecule has 1 fully saturated rings. The molecule has 5 nitrogen and oxygen atoms in total. The van der Waals surface area contributed by atoms with Crippen molar-refractivity contribution >= 4 is 5.91 Å². The molecule has 2 aromatic carbocycles. The van der Waals surface area contributed by atoms with E-state index in [0.717, 1.165) is 30.5 Å².